The standard InChI is InChI=1S/C12H17NO/c1-8-6-5-7-9(10(8)13)11(14)12(2,3)4/h5-7H,13H2,1-4H3. The van der Waals surface area contributed by atoms with Crippen LogP contribution in [-0.4, -0.2) is 5.78 Å². The molecule has 0 spiro atoms. The highest BCUT2D eigenvalue weighted by Gasteiger charge is 2.24. The zero-order chi connectivity index (χ0) is 10.9. The molecule has 0 fully saturated rings. The number of aryl methyl sites for hydroxylation is 1. The number of hydrogen-bond donors (Lipinski definition) is 1. The van der Waals surface area contributed by atoms with Gasteiger partial charge in [0, 0.05) is 16.7 Å². The second-order valence-corrected chi connectivity index (χ2v) is 4.62. The first-order valence-electron chi connectivity index (χ1n) is 4.74. The summed E-state index contributed by atoms with van der Waals surface area (Å²) in [5.41, 5.74) is 7.69. The fourth-order valence-electron chi connectivity index (χ4n) is 1.28. The van der Waals surface area contributed by atoms with Gasteiger partial charge >= 0.3 is 0 Å². The van der Waals surface area contributed by atoms with Crippen LogP contribution in [0.5, 0.6) is 0 Å². The Balaban J connectivity index is 3.21. The number of ketones is 1. The predicted molar refractivity (Wildman–Crippen MR) is 59.4 cm³/mol. The molecule has 1 aromatic rings. The molecule has 0 atom stereocenters. The van der Waals surface area contributed by atoms with Crippen molar-refractivity contribution in [3.05, 3.63) is 29.3 Å². The third-order valence-corrected chi connectivity index (χ3v) is 2.25. The second kappa shape index (κ2) is 3.45. The van der Waals surface area contributed by atoms with Crippen LogP contribution in [0.3, 0.4) is 0 Å². The van der Waals surface area contributed by atoms with E-state index in [0.717, 1.165) is 5.56 Å². The minimum Gasteiger partial charge on any atom is -0.398 e. The number of nitrogens with two attached hydrogens (primary N) is 1. The number of rotatable bonds is 1. The molecule has 14 heavy (non-hydrogen) atoms. The maximum atomic E-state index is 12.0. The summed E-state index contributed by atoms with van der Waals surface area (Å²) in [7, 11) is 0. The number of hydrogen-bond acceptors (Lipinski definition) is 2. The van der Waals surface area contributed by atoms with Crippen molar-refractivity contribution in [2.24, 2.45) is 5.41 Å². The number of anilines is 1. The first-order chi connectivity index (χ1) is 6.34. The van der Waals surface area contributed by atoms with Gasteiger partial charge in [0.1, 0.15) is 0 Å². The van der Waals surface area contributed by atoms with Crippen molar-refractivity contribution in [3.8, 4) is 0 Å². The number of carbonyl (C=O) groups is 1. The van der Waals surface area contributed by atoms with E-state index in [-0.39, 0.29) is 11.2 Å². The molecule has 0 bridgehead atoms. The van der Waals surface area contributed by atoms with E-state index in [0.29, 0.717) is 11.3 Å². The molecular weight excluding hydrogens is 174 g/mol. The summed E-state index contributed by atoms with van der Waals surface area (Å²) in [6.07, 6.45) is 0. The highest BCUT2D eigenvalue weighted by molar-refractivity contribution is 6.04. The molecule has 0 saturated carbocycles. The second-order valence-electron chi connectivity index (χ2n) is 4.62. The van der Waals surface area contributed by atoms with Crippen molar-refractivity contribution < 1.29 is 4.79 Å². The van der Waals surface area contributed by atoms with Gasteiger partial charge in [-0.15, -0.1) is 0 Å². The topological polar surface area (TPSA) is 43.1 Å². The molecular formula is C12H17NO. The summed E-state index contributed by atoms with van der Waals surface area (Å²) in [4.78, 5) is 12.0. The van der Waals surface area contributed by atoms with Gasteiger partial charge in [-0.3, -0.25) is 4.79 Å². The maximum absolute atomic E-state index is 12.0. The largest absolute Gasteiger partial charge is 0.398 e. The molecule has 0 saturated heterocycles. The third-order valence-electron chi connectivity index (χ3n) is 2.25. The van der Waals surface area contributed by atoms with E-state index in [9.17, 15) is 4.79 Å². The van der Waals surface area contributed by atoms with E-state index >= 15 is 0 Å². The average molecular weight is 191 g/mol. The van der Waals surface area contributed by atoms with E-state index < -0.39 is 0 Å². The van der Waals surface area contributed by atoms with Gasteiger partial charge in [-0.1, -0.05) is 32.9 Å². The summed E-state index contributed by atoms with van der Waals surface area (Å²) in [6.45, 7) is 7.61. The predicted octanol–water partition coefficient (Wildman–Crippen LogP) is 2.81. The Morgan fingerprint density at radius 3 is 2.36 bits per heavy atom. The van der Waals surface area contributed by atoms with Gasteiger partial charge in [-0.25, -0.2) is 0 Å². The Kier molecular flexibility index (Phi) is 2.65. The van der Waals surface area contributed by atoms with Crippen molar-refractivity contribution in [2.75, 3.05) is 5.73 Å². The molecule has 0 aliphatic rings. The minimum absolute atomic E-state index is 0.0960. The van der Waals surface area contributed by atoms with Crippen LogP contribution >= 0.6 is 0 Å². The zero-order valence-corrected chi connectivity index (χ0v) is 9.22. The lowest BCUT2D eigenvalue weighted by Gasteiger charge is -2.18. The molecule has 0 aliphatic carbocycles. The summed E-state index contributed by atoms with van der Waals surface area (Å²) < 4.78 is 0. The van der Waals surface area contributed by atoms with E-state index in [4.69, 9.17) is 5.73 Å². The number of Topliss-reactive ketones (excluding diaryl/α,β-unsaturated/α-hetero) is 1. The molecule has 1 rings (SSSR count). The normalized spacial score (nSPS) is 11.4. The van der Waals surface area contributed by atoms with Crippen molar-refractivity contribution in [1.29, 1.82) is 0 Å². The van der Waals surface area contributed by atoms with Crippen LogP contribution in [0.15, 0.2) is 18.2 Å². The monoisotopic (exact) mass is 191 g/mol. The third kappa shape index (κ3) is 1.95. The molecule has 2 N–H and O–H groups in total. The first-order valence-corrected chi connectivity index (χ1v) is 4.74. The van der Waals surface area contributed by atoms with Gasteiger partial charge in [0.25, 0.3) is 0 Å². The molecule has 0 amide bonds. The quantitative estimate of drug-likeness (QED) is 0.548. The van der Waals surface area contributed by atoms with Gasteiger partial charge in [0.15, 0.2) is 5.78 Å². The van der Waals surface area contributed by atoms with Gasteiger partial charge in [0.05, 0.1) is 0 Å². The molecule has 0 heterocycles. The van der Waals surface area contributed by atoms with Crippen molar-refractivity contribution >= 4 is 11.5 Å². The van der Waals surface area contributed by atoms with Crippen LogP contribution in [0.2, 0.25) is 0 Å². The summed E-state index contributed by atoms with van der Waals surface area (Å²) in [6, 6.07) is 5.56. The first kappa shape index (κ1) is 10.8. The van der Waals surface area contributed by atoms with E-state index in [1.165, 1.54) is 0 Å². The van der Waals surface area contributed by atoms with E-state index in [2.05, 4.69) is 0 Å². The number of carbonyl (C=O) groups excluding carboxylic acids is 1. The molecule has 0 aliphatic heterocycles. The summed E-state index contributed by atoms with van der Waals surface area (Å²) in [5.74, 6) is 0.0960. The zero-order valence-electron chi connectivity index (χ0n) is 9.22. The number of nitrogen functional groups attached to an aromatic ring is 1. The minimum atomic E-state index is -0.373. The molecule has 2 heteroatoms. The number of para-hydroxylation sites is 1. The van der Waals surface area contributed by atoms with Crippen molar-refractivity contribution in [3.63, 3.8) is 0 Å². The highest BCUT2D eigenvalue weighted by Crippen LogP contribution is 2.25. The van der Waals surface area contributed by atoms with Crippen molar-refractivity contribution in [1.82, 2.24) is 0 Å². The Morgan fingerprint density at radius 2 is 1.86 bits per heavy atom. The molecule has 2 nitrogen and oxygen atoms in total. The Morgan fingerprint density at radius 1 is 1.29 bits per heavy atom. The lowest BCUT2D eigenvalue weighted by atomic mass is 9.85. The van der Waals surface area contributed by atoms with E-state index in [1.807, 2.05) is 39.8 Å². The lowest BCUT2D eigenvalue weighted by Crippen LogP contribution is -2.21. The average Bonchev–Trinajstić information content (AvgIpc) is 2.07. The SMILES string of the molecule is Cc1cccc(C(=O)C(C)(C)C)c1N. The highest BCUT2D eigenvalue weighted by atomic mass is 16.1. The number of benzene rings is 1. The maximum Gasteiger partial charge on any atom is 0.170 e. The van der Waals surface area contributed by atoms with Gasteiger partial charge in [-0.2, -0.15) is 0 Å². The summed E-state index contributed by atoms with van der Waals surface area (Å²) in [5, 5.41) is 0. The van der Waals surface area contributed by atoms with Gasteiger partial charge < -0.3 is 5.73 Å². The Bertz CT molecular complexity index is 361. The van der Waals surface area contributed by atoms with Crippen LogP contribution in [0.25, 0.3) is 0 Å². The van der Waals surface area contributed by atoms with Crippen LogP contribution in [0.4, 0.5) is 5.69 Å². The fourth-order valence-corrected chi connectivity index (χ4v) is 1.28. The summed E-state index contributed by atoms with van der Waals surface area (Å²) >= 11 is 0. The Labute approximate surface area is 85.1 Å². The fraction of sp³-hybridized carbons (Fsp3) is 0.417. The van der Waals surface area contributed by atoms with Crippen molar-refractivity contribution in [2.45, 2.75) is 27.7 Å². The van der Waals surface area contributed by atoms with Crippen LogP contribution in [-0.2, 0) is 0 Å². The molecule has 1 aromatic carbocycles. The van der Waals surface area contributed by atoms with Gasteiger partial charge in [0.2, 0.25) is 0 Å². The smallest absolute Gasteiger partial charge is 0.170 e. The molecule has 0 aromatic heterocycles. The van der Waals surface area contributed by atoms with Crippen LogP contribution in [0, 0.1) is 12.3 Å². The van der Waals surface area contributed by atoms with Crippen LogP contribution in [0.1, 0.15) is 36.7 Å². The molecule has 0 radical (unpaired) electrons. The Hall–Kier alpha value is -1.31. The van der Waals surface area contributed by atoms with Crippen LogP contribution < -0.4 is 5.73 Å². The molecule has 0 unspecified atom stereocenters. The van der Waals surface area contributed by atoms with Gasteiger partial charge in [-0.05, 0) is 18.6 Å². The lowest BCUT2D eigenvalue weighted by molar-refractivity contribution is 0.0859. The molecule has 76 valence electrons. The van der Waals surface area contributed by atoms with E-state index in [1.54, 1.807) is 6.07 Å².